The van der Waals surface area contributed by atoms with E-state index in [1.165, 1.54) is 0 Å². The third-order valence-electron chi connectivity index (χ3n) is 3.60. The summed E-state index contributed by atoms with van der Waals surface area (Å²) >= 11 is 11.8. The maximum Gasteiger partial charge on any atom is 0.258 e. The zero-order valence-electron chi connectivity index (χ0n) is 13.9. The molecular weight excluding hydrogens is 363 g/mol. The molecule has 0 unspecified atom stereocenters. The Bertz CT molecular complexity index is 794. The molecule has 2 N–H and O–H groups in total. The van der Waals surface area contributed by atoms with Crippen LogP contribution in [0.4, 0.5) is 5.69 Å². The van der Waals surface area contributed by atoms with Crippen molar-refractivity contribution in [2.45, 2.75) is 13.8 Å². The molecule has 0 aromatic heterocycles. The van der Waals surface area contributed by atoms with Crippen LogP contribution in [0.2, 0.25) is 10.0 Å². The van der Waals surface area contributed by atoms with Gasteiger partial charge in [0, 0.05) is 5.69 Å². The van der Waals surface area contributed by atoms with Crippen molar-refractivity contribution in [2.75, 3.05) is 18.5 Å². The number of benzene rings is 2. The maximum atomic E-state index is 11.9. The first-order valence-electron chi connectivity index (χ1n) is 7.58. The summed E-state index contributed by atoms with van der Waals surface area (Å²) in [5.74, 6) is -0.445. The van der Waals surface area contributed by atoms with Crippen molar-refractivity contribution in [1.82, 2.24) is 5.32 Å². The molecular formula is C18H18Cl2N2O3. The molecule has 0 heterocycles. The molecule has 2 amide bonds. The second-order valence-corrected chi connectivity index (χ2v) is 6.20. The molecule has 0 aliphatic heterocycles. The van der Waals surface area contributed by atoms with Crippen LogP contribution in [0.5, 0.6) is 5.75 Å². The molecule has 0 saturated carbocycles. The first-order valence-corrected chi connectivity index (χ1v) is 8.33. The van der Waals surface area contributed by atoms with Crippen molar-refractivity contribution in [2.24, 2.45) is 0 Å². The minimum atomic E-state index is -0.438. The average molecular weight is 381 g/mol. The quantitative estimate of drug-likeness (QED) is 0.801. The van der Waals surface area contributed by atoms with Crippen molar-refractivity contribution < 1.29 is 14.3 Å². The predicted molar refractivity (Wildman–Crippen MR) is 99.5 cm³/mol. The molecule has 0 spiro atoms. The maximum absolute atomic E-state index is 11.9. The second-order valence-electron chi connectivity index (χ2n) is 5.41. The molecule has 0 fully saturated rings. The third-order valence-corrected chi connectivity index (χ3v) is 4.40. The molecule has 7 heteroatoms. The number of carbonyl (C=O) groups is 2. The first kappa shape index (κ1) is 19.1. The monoisotopic (exact) mass is 380 g/mol. The van der Waals surface area contributed by atoms with Crippen LogP contribution in [0.25, 0.3) is 0 Å². The van der Waals surface area contributed by atoms with Crippen LogP contribution in [-0.4, -0.2) is 25.0 Å². The SMILES string of the molecule is Cc1cccc(NC(=O)CNC(=O)COc2cccc(Cl)c2Cl)c1C. The van der Waals surface area contributed by atoms with E-state index in [4.69, 9.17) is 27.9 Å². The highest BCUT2D eigenvalue weighted by atomic mass is 35.5. The molecule has 25 heavy (non-hydrogen) atoms. The van der Waals surface area contributed by atoms with Gasteiger partial charge in [-0.1, -0.05) is 41.4 Å². The van der Waals surface area contributed by atoms with E-state index in [2.05, 4.69) is 10.6 Å². The second kappa shape index (κ2) is 8.74. The third kappa shape index (κ3) is 5.37. The van der Waals surface area contributed by atoms with Gasteiger partial charge in [0.25, 0.3) is 5.91 Å². The first-order chi connectivity index (χ1) is 11.9. The average Bonchev–Trinajstić information content (AvgIpc) is 2.58. The number of halogens is 2. The lowest BCUT2D eigenvalue weighted by molar-refractivity contribution is -0.125. The van der Waals surface area contributed by atoms with Crippen molar-refractivity contribution in [3.8, 4) is 5.75 Å². The van der Waals surface area contributed by atoms with Crippen molar-refractivity contribution in [3.63, 3.8) is 0 Å². The van der Waals surface area contributed by atoms with Crippen molar-refractivity contribution in [1.29, 1.82) is 0 Å². The Morgan fingerprint density at radius 1 is 1.04 bits per heavy atom. The molecule has 132 valence electrons. The fourth-order valence-electron chi connectivity index (χ4n) is 2.05. The van der Waals surface area contributed by atoms with Gasteiger partial charge < -0.3 is 15.4 Å². The van der Waals surface area contributed by atoms with Gasteiger partial charge >= 0.3 is 0 Å². The number of rotatable bonds is 6. The summed E-state index contributed by atoms with van der Waals surface area (Å²) in [5, 5.41) is 5.83. The molecule has 0 aliphatic rings. The molecule has 2 aromatic rings. The summed E-state index contributed by atoms with van der Waals surface area (Å²) in [7, 11) is 0. The fraction of sp³-hybridized carbons (Fsp3) is 0.222. The van der Waals surface area contributed by atoms with Gasteiger partial charge in [0.1, 0.15) is 10.8 Å². The van der Waals surface area contributed by atoms with Gasteiger partial charge in [-0.15, -0.1) is 0 Å². The molecule has 0 radical (unpaired) electrons. The van der Waals surface area contributed by atoms with Gasteiger partial charge in [-0.25, -0.2) is 0 Å². The summed E-state index contributed by atoms with van der Waals surface area (Å²) in [6.07, 6.45) is 0. The smallest absolute Gasteiger partial charge is 0.258 e. The predicted octanol–water partition coefficient (Wildman–Crippen LogP) is 3.74. The van der Waals surface area contributed by atoms with Gasteiger partial charge in [0.05, 0.1) is 11.6 Å². The number of anilines is 1. The van der Waals surface area contributed by atoms with E-state index in [-0.39, 0.29) is 24.1 Å². The fourth-order valence-corrected chi connectivity index (χ4v) is 2.40. The molecule has 0 saturated heterocycles. The Hall–Kier alpha value is -2.24. The highest BCUT2D eigenvalue weighted by Gasteiger charge is 2.10. The minimum Gasteiger partial charge on any atom is -0.482 e. The van der Waals surface area contributed by atoms with Crippen LogP contribution in [0.3, 0.4) is 0 Å². The van der Waals surface area contributed by atoms with Crippen LogP contribution >= 0.6 is 23.2 Å². The Morgan fingerprint density at radius 3 is 2.52 bits per heavy atom. The Kier molecular flexibility index (Phi) is 6.67. The number of hydrogen-bond acceptors (Lipinski definition) is 3. The largest absolute Gasteiger partial charge is 0.482 e. The van der Waals surface area contributed by atoms with Crippen LogP contribution in [0.15, 0.2) is 36.4 Å². The van der Waals surface area contributed by atoms with Gasteiger partial charge in [-0.2, -0.15) is 0 Å². The summed E-state index contributed by atoms with van der Waals surface area (Å²) in [4.78, 5) is 23.7. The number of aryl methyl sites for hydroxylation is 1. The standard InChI is InChI=1S/C18H18Cl2N2O3/c1-11-5-3-7-14(12(11)2)22-16(23)9-21-17(24)10-25-15-8-4-6-13(19)18(15)20/h3-8H,9-10H2,1-2H3,(H,21,24)(H,22,23). The van der Waals surface area contributed by atoms with E-state index in [9.17, 15) is 9.59 Å². The normalized spacial score (nSPS) is 10.2. The Morgan fingerprint density at radius 2 is 1.76 bits per heavy atom. The highest BCUT2D eigenvalue weighted by Crippen LogP contribution is 2.31. The summed E-state index contributed by atoms with van der Waals surface area (Å²) < 4.78 is 5.30. The zero-order chi connectivity index (χ0) is 18.4. The lowest BCUT2D eigenvalue weighted by Gasteiger charge is -2.11. The van der Waals surface area contributed by atoms with Crippen LogP contribution in [-0.2, 0) is 9.59 Å². The van der Waals surface area contributed by atoms with E-state index in [0.717, 1.165) is 16.8 Å². The summed E-state index contributed by atoms with van der Waals surface area (Å²) in [6.45, 7) is 3.47. The Labute approximate surface area is 156 Å². The molecule has 2 aromatic carbocycles. The lowest BCUT2D eigenvalue weighted by atomic mass is 10.1. The minimum absolute atomic E-state index is 0.154. The summed E-state index contributed by atoms with van der Waals surface area (Å²) in [5.41, 5.74) is 2.79. The topological polar surface area (TPSA) is 67.4 Å². The van der Waals surface area contributed by atoms with E-state index in [1.54, 1.807) is 18.2 Å². The molecule has 0 aliphatic carbocycles. The number of nitrogens with one attached hydrogen (secondary N) is 2. The molecule has 2 rings (SSSR count). The van der Waals surface area contributed by atoms with Crippen molar-refractivity contribution in [3.05, 3.63) is 57.6 Å². The number of carbonyl (C=O) groups excluding carboxylic acids is 2. The van der Waals surface area contributed by atoms with Crippen LogP contribution in [0.1, 0.15) is 11.1 Å². The van der Waals surface area contributed by atoms with E-state index < -0.39 is 5.91 Å². The van der Waals surface area contributed by atoms with Crippen molar-refractivity contribution >= 4 is 40.7 Å². The van der Waals surface area contributed by atoms with Gasteiger partial charge in [0.15, 0.2) is 6.61 Å². The van der Waals surface area contributed by atoms with Crippen LogP contribution < -0.4 is 15.4 Å². The van der Waals surface area contributed by atoms with E-state index >= 15 is 0 Å². The van der Waals surface area contributed by atoms with E-state index in [0.29, 0.717) is 10.8 Å². The molecule has 5 nitrogen and oxygen atoms in total. The molecule has 0 bridgehead atoms. The van der Waals surface area contributed by atoms with E-state index in [1.807, 2.05) is 32.0 Å². The number of amides is 2. The highest BCUT2D eigenvalue weighted by molar-refractivity contribution is 6.42. The van der Waals surface area contributed by atoms with Gasteiger partial charge in [0.2, 0.25) is 5.91 Å². The number of ether oxygens (including phenoxy) is 1. The zero-order valence-corrected chi connectivity index (χ0v) is 15.4. The summed E-state index contributed by atoms with van der Waals surface area (Å²) in [6, 6.07) is 10.5. The van der Waals surface area contributed by atoms with Crippen LogP contribution in [0, 0.1) is 13.8 Å². The Balaban J connectivity index is 1.80. The lowest BCUT2D eigenvalue weighted by Crippen LogP contribution is -2.35. The number of hydrogen-bond donors (Lipinski definition) is 2. The molecule has 0 atom stereocenters. The van der Waals surface area contributed by atoms with Gasteiger partial charge in [-0.3, -0.25) is 9.59 Å². The van der Waals surface area contributed by atoms with Gasteiger partial charge in [-0.05, 0) is 43.2 Å².